The third-order valence-corrected chi connectivity index (χ3v) is 4.08. The zero-order valence-corrected chi connectivity index (χ0v) is 14.3. The van der Waals surface area contributed by atoms with Gasteiger partial charge in [-0.05, 0) is 51.3 Å². The van der Waals surface area contributed by atoms with Gasteiger partial charge in [0, 0.05) is 0 Å². The summed E-state index contributed by atoms with van der Waals surface area (Å²) in [6.45, 7) is 4.12. The first-order valence-electron chi connectivity index (χ1n) is 6.21. The maximum atomic E-state index is 12.1. The summed E-state index contributed by atoms with van der Waals surface area (Å²) in [5.41, 5.74) is 1.50. The zero-order chi connectivity index (χ0) is 14.7. The molecule has 0 spiro atoms. The van der Waals surface area contributed by atoms with Crippen molar-refractivity contribution in [3.63, 3.8) is 0 Å². The lowest BCUT2D eigenvalue weighted by Gasteiger charge is -2.17. The first-order chi connectivity index (χ1) is 9.56. The van der Waals surface area contributed by atoms with Crippen molar-refractivity contribution in [1.82, 2.24) is 9.55 Å². The Balaban J connectivity index is 2.48. The molecule has 1 heterocycles. The highest BCUT2D eigenvalue weighted by atomic mass is 79.9. The maximum Gasteiger partial charge on any atom is 0.357 e. The molecule has 0 radical (unpaired) electrons. The largest absolute Gasteiger partial charge is 0.461 e. The second-order valence-electron chi connectivity index (χ2n) is 4.20. The van der Waals surface area contributed by atoms with Crippen LogP contribution in [0.25, 0.3) is 0 Å². The van der Waals surface area contributed by atoms with Gasteiger partial charge < -0.3 is 9.30 Å². The highest BCUT2D eigenvalue weighted by Gasteiger charge is 2.25. The van der Waals surface area contributed by atoms with E-state index in [1.54, 1.807) is 6.92 Å². The number of rotatable bonds is 4. The minimum Gasteiger partial charge on any atom is -0.461 e. The van der Waals surface area contributed by atoms with Gasteiger partial charge in [-0.1, -0.05) is 30.3 Å². The van der Waals surface area contributed by atoms with Crippen LogP contribution in [0.1, 0.15) is 35.9 Å². The van der Waals surface area contributed by atoms with Crippen molar-refractivity contribution in [2.24, 2.45) is 0 Å². The summed E-state index contributed by atoms with van der Waals surface area (Å²) >= 11 is 6.72. The van der Waals surface area contributed by atoms with Gasteiger partial charge in [-0.15, -0.1) is 0 Å². The standard InChI is InChI=1S/C14H14Br2N2O2/c1-3-20-13(19)11-12(15)17-14(16)18(11)9(2)10-7-5-4-6-8-10/h4-9H,3H2,1-2H3. The third-order valence-electron chi connectivity index (χ3n) is 2.96. The van der Waals surface area contributed by atoms with Crippen LogP contribution in [0.2, 0.25) is 0 Å². The number of ether oxygens (including phenoxy) is 1. The number of esters is 1. The van der Waals surface area contributed by atoms with E-state index in [0.717, 1.165) is 5.56 Å². The minimum atomic E-state index is -0.389. The Kier molecular flexibility index (Phi) is 4.99. The molecule has 4 nitrogen and oxygen atoms in total. The molecule has 106 valence electrons. The van der Waals surface area contributed by atoms with E-state index in [4.69, 9.17) is 4.74 Å². The van der Waals surface area contributed by atoms with Gasteiger partial charge >= 0.3 is 5.97 Å². The molecule has 20 heavy (non-hydrogen) atoms. The highest BCUT2D eigenvalue weighted by molar-refractivity contribution is 9.11. The van der Waals surface area contributed by atoms with Gasteiger partial charge in [0.2, 0.25) is 0 Å². The van der Waals surface area contributed by atoms with Gasteiger partial charge in [0.1, 0.15) is 4.60 Å². The van der Waals surface area contributed by atoms with Crippen molar-refractivity contribution in [3.05, 3.63) is 50.9 Å². The summed E-state index contributed by atoms with van der Waals surface area (Å²) in [4.78, 5) is 16.4. The number of benzene rings is 1. The van der Waals surface area contributed by atoms with Crippen LogP contribution in [0, 0.1) is 0 Å². The fraction of sp³-hybridized carbons (Fsp3) is 0.286. The van der Waals surface area contributed by atoms with E-state index in [0.29, 0.717) is 21.6 Å². The van der Waals surface area contributed by atoms with E-state index in [1.165, 1.54) is 0 Å². The van der Waals surface area contributed by atoms with Crippen LogP contribution in [0.3, 0.4) is 0 Å². The molecule has 0 saturated carbocycles. The average molecular weight is 402 g/mol. The molecule has 1 atom stereocenters. The Morgan fingerprint density at radius 1 is 1.35 bits per heavy atom. The summed E-state index contributed by atoms with van der Waals surface area (Å²) in [5, 5.41) is 0. The molecule has 2 rings (SSSR count). The topological polar surface area (TPSA) is 44.1 Å². The van der Waals surface area contributed by atoms with Crippen molar-refractivity contribution in [2.75, 3.05) is 6.61 Å². The number of hydrogen-bond acceptors (Lipinski definition) is 3. The fourth-order valence-electron chi connectivity index (χ4n) is 2.00. The third kappa shape index (κ3) is 2.96. The molecule has 0 bridgehead atoms. The Morgan fingerprint density at radius 3 is 2.60 bits per heavy atom. The summed E-state index contributed by atoms with van der Waals surface area (Å²) in [6, 6.07) is 9.89. The van der Waals surface area contributed by atoms with Gasteiger partial charge in [-0.2, -0.15) is 0 Å². The molecule has 0 aliphatic carbocycles. The summed E-state index contributed by atoms with van der Waals surface area (Å²) in [5.74, 6) is -0.389. The molecule has 1 unspecified atom stereocenters. The molecule has 0 amide bonds. The van der Waals surface area contributed by atoms with Crippen molar-refractivity contribution in [1.29, 1.82) is 0 Å². The van der Waals surface area contributed by atoms with Crippen LogP contribution in [0.4, 0.5) is 0 Å². The SMILES string of the molecule is CCOC(=O)c1c(Br)nc(Br)n1C(C)c1ccccc1. The van der Waals surface area contributed by atoms with Crippen LogP contribution < -0.4 is 0 Å². The lowest BCUT2D eigenvalue weighted by Crippen LogP contribution is -2.16. The molecular weight excluding hydrogens is 388 g/mol. The Bertz CT molecular complexity index is 611. The van der Waals surface area contributed by atoms with Gasteiger partial charge in [0.15, 0.2) is 10.4 Å². The monoisotopic (exact) mass is 400 g/mol. The van der Waals surface area contributed by atoms with E-state index in [9.17, 15) is 4.79 Å². The molecule has 2 aromatic rings. The normalized spacial score (nSPS) is 12.2. The molecule has 1 aromatic carbocycles. The molecule has 0 aliphatic rings. The van der Waals surface area contributed by atoms with Gasteiger partial charge in [0.25, 0.3) is 0 Å². The van der Waals surface area contributed by atoms with E-state index >= 15 is 0 Å². The Morgan fingerprint density at radius 2 is 2.00 bits per heavy atom. The van der Waals surface area contributed by atoms with Gasteiger partial charge in [0.05, 0.1) is 12.6 Å². The number of carbonyl (C=O) groups is 1. The number of hydrogen-bond donors (Lipinski definition) is 0. The first-order valence-corrected chi connectivity index (χ1v) is 7.80. The van der Waals surface area contributed by atoms with Crippen LogP contribution in [-0.2, 0) is 4.74 Å². The average Bonchev–Trinajstić information content (AvgIpc) is 2.74. The van der Waals surface area contributed by atoms with Crippen molar-refractivity contribution < 1.29 is 9.53 Å². The molecule has 0 fully saturated rings. The summed E-state index contributed by atoms with van der Waals surface area (Å²) < 4.78 is 7.98. The number of imidazole rings is 1. The van der Waals surface area contributed by atoms with E-state index in [-0.39, 0.29) is 12.0 Å². The van der Waals surface area contributed by atoms with Crippen LogP contribution in [0.5, 0.6) is 0 Å². The maximum absolute atomic E-state index is 12.1. The minimum absolute atomic E-state index is 0.0382. The van der Waals surface area contributed by atoms with E-state index in [2.05, 4.69) is 36.8 Å². The van der Waals surface area contributed by atoms with Crippen LogP contribution in [0.15, 0.2) is 39.7 Å². The summed E-state index contributed by atoms with van der Waals surface area (Å²) in [7, 11) is 0. The lowest BCUT2D eigenvalue weighted by atomic mass is 10.1. The molecule has 0 N–H and O–H groups in total. The number of halogens is 2. The predicted octanol–water partition coefficient (Wildman–Crippen LogP) is 4.19. The van der Waals surface area contributed by atoms with Gasteiger partial charge in [-0.3, -0.25) is 0 Å². The predicted molar refractivity (Wildman–Crippen MR) is 83.8 cm³/mol. The Labute approximate surface area is 134 Å². The lowest BCUT2D eigenvalue weighted by molar-refractivity contribution is 0.0511. The first kappa shape index (κ1) is 15.3. The molecule has 0 aliphatic heterocycles. The quantitative estimate of drug-likeness (QED) is 0.721. The highest BCUT2D eigenvalue weighted by Crippen LogP contribution is 2.29. The fourth-order valence-corrected chi connectivity index (χ4v) is 3.42. The van der Waals surface area contributed by atoms with Crippen LogP contribution >= 0.6 is 31.9 Å². The number of aromatic nitrogens is 2. The second kappa shape index (κ2) is 6.54. The van der Waals surface area contributed by atoms with Gasteiger partial charge in [-0.25, -0.2) is 9.78 Å². The van der Waals surface area contributed by atoms with E-state index < -0.39 is 0 Å². The number of nitrogens with zero attached hydrogens (tertiary/aromatic N) is 2. The number of carbonyl (C=O) groups excluding carboxylic acids is 1. The Hall–Kier alpha value is -1.14. The molecule has 0 saturated heterocycles. The van der Waals surface area contributed by atoms with E-state index in [1.807, 2.05) is 41.8 Å². The van der Waals surface area contributed by atoms with Crippen molar-refractivity contribution in [2.45, 2.75) is 19.9 Å². The molecular formula is C14H14Br2N2O2. The second-order valence-corrected chi connectivity index (χ2v) is 5.66. The zero-order valence-electron chi connectivity index (χ0n) is 11.1. The van der Waals surface area contributed by atoms with Crippen LogP contribution in [-0.4, -0.2) is 22.1 Å². The molecule has 1 aromatic heterocycles. The smallest absolute Gasteiger partial charge is 0.357 e. The summed E-state index contributed by atoms with van der Waals surface area (Å²) in [6.07, 6.45) is 0. The van der Waals surface area contributed by atoms with Crippen molar-refractivity contribution in [3.8, 4) is 0 Å². The molecule has 6 heteroatoms. The van der Waals surface area contributed by atoms with Crippen molar-refractivity contribution >= 4 is 37.8 Å².